The Morgan fingerprint density at radius 1 is 0.676 bits per heavy atom. The zero-order chi connectivity index (χ0) is 23.8. The monoisotopic (exact) mass is 440 g/mol. The fraction of sp³-hybridized carbons (Fsp3) is 0.118. The highest BCUT2D eigenvalue weighted by Crippen LogP contribution is 2.38. The van der Waals surface area contributed by atoms with Crippen molar-refractivity contribution in [1.29, 1.82) is 0 Å². The highest BCUT2D eigenvalue weighted by atomic mass is 14.2. The van der Waals surface area contributed by atoms with E-state index < -0.39 is 0 Å². The first kappa shape index (κ1) is 23.3. The van der Waals surface area contributed by atoms with Gasteiger partial charge >= 0.3 is 0 Å². The van der Waals surface area contributed by atoms with Gasteiger partial charge in [-0.2, -0.15) is 0 Å². The molecule has 0 saturated carbocycles. The van der Waals surface area contributed by atoms with Crippen molar-refractivity contribution in [3.8, 4) is 0 Å². The number of hydrogen-bond donors (Lipinski definition) is 0. The average Bonchev–Trinajstić information content (AvgIpc) is 2.89. The summed E-state index contributed by atoms with van der Waals surface area (Å²) in [7, 11) is 0. The third-order valence-corrected chi connectivity index (χ3v) is 6.36. The summed E-state index contributed by atoms with van der Waals surface area (Å²) < 4.78 is 0. The van der Waals surface area contributed by atoms with Crippen LogP contribution in [0.4, 0.5) is 0 Å². The van der Waals surface area contributed by atoms with E-state index in [2.05, 4.69) is 129 Å². The van der Waals surface area contributed by atoms with Crippen LogP contribution in [0.25, 0.3) is 22.4 Å². The second kappa shape index (κ2) is 11.3. The minimum atomic E-state index is 0.0997. The van der Waals surface area contributed by atoms with Crippen molar-refractivity contribution < 1.29 is 0 Å². The summed E-state index contributed by atoms with van der Waals surface area (Å²) in [5.41, 5.74) is 7.14. The van der Waals surface area contributed by atoms with E-state index in [4.69, 9.17) is 0 Å². The van der Waals surface area contributed by atoms with Gasteiger partial charge in [0.1, 0.15) is 0 Å². The van der Waals surface area contributed by atoms with Crippen LogP contribution >= 0.6 is 0 Å². The predicted octanol–water partition coefficient (Wildman–Crippen LogP) is 9.63. The second-order valence-electron chi connectivity index (χ2n) is 8.82. The highest BCUT2D eigenvalue weighted by Gasteiger charge is 2.19. The Hall–Kier alpha value is -3.90. The molecule has 0 fully saturated rings. The van der Waals surface area contributed by atoms with Crippen LogP contribution in [0, 0.1) is 0 Å². The Morgan fingerprint density at radius 3 is 2.09 bits per heavy atom. The van der Waals surface area contributed by atoms with Crippen molar-refractivity contribution in [2.24, 2.45) is 0 Å². The van der Waals surface area contributed by atoms with Crippen molar-refractivity contribution >= 4 is 22.4 Å². The molecule has 0 aliphatic heterocycles. The summed E-state index contributed by atoms with van der Waals surface area (Å²) >= 11 is 0. The standard InChI is InChI=1S/C34H32/c1-26(14-12-20-31-22-13-21-30-17-10-11-23-33(30)31)24-25-27(2)34(32-18-8-5-9-19-32)28(3)29-15-6-4-7-16-29/h4-13,15-23,34H,1-3,14,24-25H2. The van der Waals surface area contributed by atoms with Crippen molar-refractivity contribution in [2.45, 2.75) is 25.2 Å². The molecule has 4 rings (SSSR count). The first-order valence-corrected chi connectivity index (χ1v) is 11.9. The first-order valence-electron chi connectivity index (χ1n) is 11.9. The summed E-state index contributed by atoms with van der Waals surface area (Å²) in [6.45, 7) is 13.3. The van der Waals surface area contributed by atoms with E-state index in [9.17, 15) is 0 Å². The summed E-state index contributed by atoms with van der Waals surface area (Å²) in [4.78, 5) is 0. The van der Waals surface area contributed by atoms with E-state index in [1.807, 2.05) is 6.07 Å². The SMILES string of the molecule is C=C(CC=Cc1cccc2ccccc12)CCC(=C)C(C(=C)c1ccccc1)c1ccccc1. The molecule has 0 nitrogen and oxygen atoms in total. The van der Waals surface area contributed by atoms with Crippen LogP contribution in [0.1, 0.15) is 41.9 Å². The molecule has 0 N–H and O–H groups in total. The number of hydrogen-bond acceptors (Lipinski definition) is 0. The van der Waals surface area contributed by atoms with Gasteiger partial charge in [0.05, 0.1) is 0 Å². The summed E-state index contributed by atoms with van der Waals surface area (Å²) in [6.07, 6.45) is 7.12. The van der Waals surface area contributed by atoms with Crippen molar-refractivity contribution in [2.75, 3.05) is 0 Å². The van der Waals surface area contributed by atoms with Gasteiger partial charge in [-0.3, -0.25) is 0 Å². The number of rotatable bonds is 10. The molecule has 0 radical (unpaired) electrons. The largest absolute Gasteiger partial charge is 0.0995 e. The van der Waals surface area contributed by atoms with Crippen LogP contribution in [0.15, 0.2) is 140 Å². The van der Waals surface area contributed by atoms with Crippen molar-refractivity contribution in [3.63, 3.8) is 0 Å². The minimum Gasteiger partial charge on any atom is -0.0995 e. The Labute approximate surface area is 204 Å². The van der Waals surface area contributed by atoms with Gasteiger partial charge in [-0.15, -0.1) is 0 Å². The van der Waals surface area contributed by atoms with Crippen LogP contribution in [-0.2, 0) is 0 Å². The van der Waals surface area contributed by atoms with Crippen molar-refractivity contribution in [1.82, 2.24) is 0 Å². The Balaban J connectivity index is 1.40. The Kier molecular flexibility index (Phi) is 7.73. The van der Waals surface area contributed by atoms with Gasteiger partial charge in [-0.05, 0) is 52.3 Å². The van der Waals surface area contributed by atoms with Gasteiger partial charge < -0.3 is 0 Å². The van der Waals surface area contributed by atoms with Crippen LogP contribution in [-0.4, -0.2) is 0 Å². The molecule has 0 heteroatoms. The molecule has 0 heterocycles. The maximum absolute atomic E-state index is 4.49. The first-order chi connectivity index (χ1) is 16.6. The van der Waals surface area contributed by atoms with Gasteiger partial charge in [-0.1, -0.05) is 146 Å². The third-order valence-electron chi connectivity index (χ3n) is 6.36. The third kappa shape index (κ3) is 5.71. The van der Waals surface area contributed by atoms with E-state index in [-0.39, 0.29) is 5.92 Å². The lowest BCUT2D eigenvalue weighted by molar-refractivity contribution is 0.842. The predicted molar refractivity (Wildman–Crippen MR) is 150 cm³/mol. The molecule has 0 spiro atoms. The molecule has 0 bridgehead atoms. The van der Waals surface area contributed by atoms with Gasteiger partial charge in [0, 0.05) is 5.92 Å². The summed E-state index contributed by atoms with van der Waals surface area (Å²) in [6, 6.07) is 36.0. The summed E-state index contributed by atoms with van der Waals surface area (Å²) in [5, 5.41) is 2.55. The molecule has 4 aromatic carbocycles. The van der Waals surface area contributed by atoms with Gasteiger partial charge in [0.2, 0.25) is 0 Å². The van der Waals surface area contributed by atoms with Crippen LogP contribution in [0.3, 0.4) is 0 Å². The molecule has 0 aliphatic carbocycles. The smallest absolute Gasteiger partial charge is 0.0296 e. The fourth-order valence-corrected chi connectivity index (χ4v) is 4.48. The normalized spacial score (nSPS) is 12.0. The van der Waals surface area contributed by atoms with Crippen LogP contribution in [0.5, 0.6) is 0 Å². The molecule has 4 aromatic rings. The topological polar surface area (TPSA) is 0 Å². The molecule has 0 aliphatic rings. The molecule has 0 aromatic heterocycles. The zero-order valence-corrected chi connectivity index (χ0v) is 19.8. The van der Waals surface area contributed by atoms with E-state index in [1.54, 1.807) is 0 Å². The number of allylic oxidation sites excluding steroid dienone is 4. The highest BCUT2D eigenvalue weighted by molar-refractivity contribution is 5.90. The van der Waals surface area contributed by atoms with Gasteiger partial charge in [0.25, 0.3) is 0 Å². The van der Waals surface area contributed by atoms with Gasteiger partial charge in [0.15, 0.2) is 0 Å². The lowest BCUT2D eigenvalue weighted by Gasteiger charge is -2.23. The quantitative estimate of drug-likeness (QED) is 0.215. The maximum Gasteiger partial charge on any atom is 0.0296 e. The van der Waals surface area contributed by atoms with E-state index in [0.717, 1.165) is 30.4 Å². The lowest BCUT2D eigenvalue weighted by atomic mass is 9.81. The van der Waals surface area contributed by atoms with E-state index in [0.29, 0.717) is 0 Å². The van der Waals surface area contributed by atoms with Crippen molar-refractivity contribution in [3.05, 3.63) is 157 Å². The fourth-order valence-electron chi connectivity index (χ4n) is 4.48. The number of fused-ring (bicyclic) bond motifs is 1. The molecular weight excluding hydrogens is 408 g/mol. The molecule has 1 unspecified atom stereocenters. The van der Waals surface area contributed by atoms with Crippen LogP contribution < -0.4 is 0 Å². The lowest BCUT2D eigenvalue weighted by Crippen LogP contribution is -2.05. The summed E-state index contributed by atoms with van der Waals surface area (Å²) in [5.74, 6) is 0.0997. The molecule has 1 atom stereocenters. The Morgan fingerprint density at radius 2 is 1.32 bits per heavy atom. The van der Waals surface area contributed by atoms with E-state index >= 15 is 0 Å². The zero-order valence-electron chi connectivity index (χ0n) is 19.8. The second-order valence-corrected chi connectivity index (χ2v) is 8.82. The van der Waals surface area contributed by atoms with Gasteiger partial charge in [-0.25, -0.2) is 0 Å². The minimum absolute atomic E-state index is 0.0997. The average molecular weight is 441 g/mol. The van der Waals surface area contributed by atoms with Crippen LogP contribution in [0.2, 0.25) is 0 Å². The maximum atomic E-state index is 4.49. The molecule has 34 heavy (non-hydrogen) atoms. The molecule has 0 amide bonds. The molecular formula is C34H32. The molecule has 168 valence electrons. The Bertz CT molecular complexity index is 1300. The number of benzene rings is 4. The van der Waals surface area contributed by atoms with E-state index in [1.165, 1.54) is 33.0 Å². The molecule has 0 saturated heterocycles.